The van der Waals surface area contributed by atoms with Crippen LogP contribution in [0.3, 0.4) is 0 Å². The molecule has 0 saturated heterocycles. The van der Waals surface area contributed by atoms with Crippen LogP contribution < -0.4 is 0 Å². The zero-order chi connectivity index (χ0) is 17.9. The lowest BCUT2D eigenvalue weighted by Crippen LogP contribution is -2.34. The van der Waals surface area contributed by atoms with Crippen molar-refractivity contribution in [2.45, 2.75) is 70.1 Å². The Hall–Kier alpha value is -1.55. The summed E-state index contributed by atoms with van der Waals surface area (Å²) >= 11 is 0. The maximum Gasteiger partial charge on any atom is 0.0991 e. The Morgan fingerprint density at radius 1 is 0.769 bits per heavy atom. The summed E-state index contributed by atoms with van der Waals surface area (Å²) in [5.74, 6) is 5.51. The first-order chi connectivity index (χ1) is 12.8. The third-order valence-electron chi connectivity index (χ3n) is 7.98. The highest BCUT2D eigenvalue weighted by Gasteiger charge is 2.38. The lowest BCUT2D eigenvalue weighted by molar-refractivity contribution is 0.0719. The van der Waals surface area contributed by atoms with Gasteiger partial charge in [0.25, 0.3) is 0 Å². The van der Waals surface area contributed by atoms with Gasteiger partial charge in [0.2, 0.25) is 0 Å². The van der Waals surface area contributed by atoms with Gasteiger partial charge in [0, 0.05) is 0 Å². The van der Waals surface area contributed by atoms with E-state index in [4.69, 9.17) is 5.26 Å². The van der Waals surface area contributed by atoms with Crippen molar-refractivity contribution >= 4 is 0 Å². The summed E-state index contributed by atoms with van der Waals surface area (Å²) in [6, 6.07) is 10.6. The zero-order valence-corrected chi connectivity index (χ0v) is 16.1. The van der Waals surface area contributed by atoms with Gasteiger partial charge in [-0.05, 0) is 117 Å². The molecule has 138 valence electrons. The fourth-order valence-corrected chi connectivity index (χ4v) is 6.36. The Bertz CT molecular complexity index is 644. The van der Waals surface area contributed by atoms with Crippen LogP contribution in [0.1, 0.15) is 81.3 Å². The van der Waals surface area contributed by atoms with Crippen LogP contribution in [0.4, 0.5) is 0 Å². The molecule has 0 N–H and O–H groups in total. The van der Waals surface area contributed by atoms with E-state index < -0.39 is 0 Å². The van der Waals surface area contributed by atoms with Gasteiger partial charge in [-0.3, -0.25) is 0 Å². The van der Waals surface area contributed by atoms with Crippen molar-refractivity contribution in [1.29, 1.82) is 5.26 Å². The number of nitriles is 1. The third-order valence-corrected chi connectivity index (χ3v) is 7.98. The van der Waals surface area contributed by atoms with E-state index in [1.54, 1.807) is 0 Å². The molecule has 3 aliphatic rings. The Kier molecular flexibility index (Phi) is 5.49. The van der Waals surface area contributed by atoms with Crippen molar-refractivity contribution in [2.24, 2.45) is 29.6 Å². The van der Waals surface area contributed by atoms with E-state index in [0.29, 0.717) is 0 Å². The molecule has 0 spiro atoms. The first kappa shape index (κ1) is 17.8. The minimum absolute atomic E-state index is 0.721. The minimum Gasteiger partial charge on any atom is -0.192 e. The molecule has 0 heterocycles. The van der Waals surface area contributed by atoms with Crippen molar-refractivity contribution in [3.05, 3.63) is 48.0 Å². The number of hydrogen-bond acceptors (Lipinski definition) is 1. The molecule has 3 fully saturated rings. The highest BCUT2D eigenvalue weighted by atomic mass is 14.4. The number of allylic oxidation sites excluding steroid dienone is 1. The van der Waals surface area contributed by atoms with E-state index in [-0.39, 0.29) is 0 Å². The molecule has 4 rings (SSSR count). The number of benzene rings is 1. The quantitative estimate of drug-likeness (QED) is 0.548. The van der Waals surface area contributed by atoms with Crippen molar-refractivity contribution in [1.82, 2.24) is 0 Å². The summed E-state index contributed by atoms with van der Waals surface area (Å²) in [7, 11) is 0. The topological polar surface area (TPSA) is 23.8 Å². The summed E-state index contributed by atoms with van der Waals surface area (Å²) in [6.07, 6.45) is 16.5. The van der Waals surface area contributed by atoms with Gasteiger partial charge in [0.15, 0.2) is 0 Å². The highest BCUT2D eigenvalue weighted by Crippen LogP contribution is 2.49. The molecule has 0 aliphatic heterocycles. The summed E-state index contributed by atoms with van der Waals surface area (Å²) in [6.45, 7) is 4.04. The molecule has 3 saturated carbocycles. The molecule has 3 aliphatic carbocycles. The van der Waals surface area contributed by atoms with Gasteiger partial charge in [-0.15, -0.1) is 6.58 Å². The molecule has 4 unspecified atom stereocenters. The van der Waals surface area contributed by atoms with Crippen LogP contribution >= 0.6 is 0 Å². The lowest BCUT2D eigenvalue weighted by Gasteiger charge is -2.45. The van der Waals surface area contributed by atoms with Crippen LogP contribution in [0.2, 0.25) is 0 Å². The van der Waals surface area contributed by atoms with Crippen molar-refractivity contribution < 1.29 is 0 Å². The van der Waals surface area contributed by atoms with Gasteiger partial charge in [-0.2, -0.15) is 5.26 Å². The van der Waals surface area contributed by atoms with Gasteiger partial charge in [-0.1, -0.05) is 18.2 Å². The molecule has 0 bridgehead atoms. The smallest absolute Gasteiger partial charge is 0.0991 e. The van der Waals surface area contributed by atoms with E-state index in [1.807, 2.05) is 12.1 Å². The molecule has 26 heavy (non-hydrogen) atoms. The first-order valence-electron chi connectivity index (χ1n) is 10.9. The normalized spacial score (nSPS) is 37.3. The van der Waals surface area contributed by atoms with Gasteiger partial charge in [0.05, 0.1) is 11.6 Å². The van der Waals surface area contributed by atoms with Crippen molar-refractivity contribution in [2.75, 3.05) is 0 Å². The molecule has 0 radical (unpaired) electrons. The average Bonchev–Trinajstić information content (AvgIpc) is 2.73. The van der Waals surface area contributed by atoms with Gasteiger partial charge < -0.3 is 0 Å². The molecule has 1 nitrogen and oxygen atoms in total. The second-order valence-corrected chi connectivity index (χ2v) is 9.25. The first-order valence-corrected chi connectivity index (χ1v) is 10.9. The molecule has 1 heteroatoms. The van der Waals surface area contributed by atoms with Crippen LogP contribution in [0.5, 0.6) is 0 Å². The fraction of sp³-hybridized carbons (Fsp3) is 0.640. The van der Waals surface area contributed by atoms with Crippen molar-refractivity contribution in [3.8, 4) is 6.07 Å². The Morgan fingerprint density at radius 2 is 1.35 bits per heavy atom. The number of nitrogens with zero attached hydrogens (tertiary/aromatic N) is 1. The number of fused-ring (bicyclic) bond motifs is 1. The van der Waals surface area contributed by atoms with E-state index in [0.717, 1.165) is 41.1 Å². The number of hydrogen-bond donors (Lipinski definition) is 0. The second kappa shape index (κ2) is 7.99. The zero-order valence-electron chi connectivity index (χ0n) is 16.1. The maximum absolute atomic E-state index is 8.97. The molecular weight excluding hydrogens is 314 g/mol. The van der Waals surface area contributed by atoms with Crippen LogP contribution in [-0.4, -0.2) is 0 Å². The Labute approximate surface area is 159 Å². The SMILES string of the molecule is C=CC1CCC2CC(C3CCC(c4ccc(C#N)cc4)CC3)CCC2C1. The lowest BCUT2D eigenvalue weighted by atomic mass is 9.61. The fourth-order valence-electron chi connectivity index (χ4n) is 6.36. The predicted octanol–water partition coefficient (Wildman–Crippen LogP) is 6.85. The molecule has 1 aromatic carbocycles. The predicted molar refractivity (Wildman–Crippen MR) is 108 cm³/mol. The second-order valence-electron chi connectivity index (χ2n) is 9.25. The summed E-state index contributed by atoms with van der Waals surface area (Å²) < 4.78 is 0. The average molecular weight is 348 g/mol. The molecule has 0 aromatic heterocycles. The third kappa shape index (κ3) is 3.75. The minimum atomic E-state index is 0.721. The summed E-state index contributed by atoms with van der Waals surface area (Å²) in [5.41, 5.74) is 2.24. The summed E-state index contributed by atoms with van der Waals surface area (Å²) in [5, 5.41) is 8.97. The van der Waals surface area contributed by atoms with Crippen LogP contribution in [0, 0.1) is 40.9 Å². The maximum atomic E-state index is 8.97. The van der Waals surface area contributed by atoms with E-state index in [2.05, 4.69) is 30.9 Å². The van der Waals surface area contributed by atoms with Gasteiger partial charge in [0.1, 0.15) is 0 Å². The van der Waals surface area contributed by atoms with Gasteiger partial charge >= 0.3 is 0 Å². The largest absolute Gasteiger partial charge is 0.192 e. The van der Waals surface area contributed by atoms with Crippen LogP contribution in [0.25, 0.3) is 0 Å². The van der Waals surface area contributed by atoms with Crippen LogP contribution in [-0.2, 0) is 0 Å². The standard InChI is InChI=1S/C25H33N/c1-2-18-3-8-25-16-24(14-13-23(25)15-18)22-11-9-21(10-12-22)20-6-4-19(17-26)5-7-20/h2,4-7,18,21-25H,1,3,8-16H2. The van der Waals surface area contributed by atoms with Crippen LogP contribution in [0.15, 0.2) is 36.9 Å². The monoisotopic (exact) mass is 347 g/mol. The van der Waals surface area contributed by atoms with E-state index in [1.165, 1.54) is 69.8 Å². The highest BCUT2D eigenvalue weighted by molar-refractivity contribution is 5.33. The molecular formula is C25H33N. The molecule has 4 atom stereocenters. The van der Waals surface area contributed by atoms with E-state index in [9.17, 15) is 0 Å². The Balaban J connectivity index is 1.30. The van der Waals surface area contributed by atoms with Crippen molar-refractivity contribution in [3.63, 3.8) is 0 Å². The molecule has 1 aromatic rings. The molecule has 0 amide bonds. The summed E-state index contributed by atoms with van der Waals surface area (Å²) in [4.78, 5) is 0. The van der Waals surface area contributed by atoms with Gasteiger partial charge in [-0.25, -0.2) is 0 Å². The number of rotatable bonds is 3. The van der Waals surface area contributed by atoms with E-state index >= 15 is 0 Å². The Morgan fingerprint density at radius 3 is 2.00 bits per heavy atom.